The largest absolute Gasteiger partial charge is 0.468 e. The third-order valence-corrected chi connectivity index (χ3v) is 6.64. The van der Waals surface area contributed by atoms with Gasteiger partial charge in [0, 0.05) is 18.2 Å². The van der Waals surface area contributed by atoms with Crippen LogP contribution in [0.3, 0.4) is 0 Å². The van der Waals surface area contributed by atoms with Crippen LogP contribution in [0.4, 0.5) is 0 Å². The van der Waals surface area contributed by atoms with E-state index in [-0.39, 0.29) is 12.1 Å². The molecule has 1 saturated heterocycles. The molecule has 0 unspecified atom stereocenters. The van der Waals surface area contributed by atoms with E-state index in [4.69, 9.17) is 20.8 Å². The van der Waals surface area contributed by atoms with Crippen LogP contribution in [0.15, 0.2) is 47.1 Å². The van der Waals surface area contributed by atoms with E-state index in [1.165, 1.54) is 12.8 Å². The number of furan rings is 1. The smallest absolute Gasteiger partial charge is 0.173 e. The first-order valence-corrected chi connectivity index (χ1v) is 11.6. The molecule has 2 aromatic heterocycles. The molecular formula is C23H28ClN5O2. The summed E-state index contributed by atoms with van der Waals surface area (Å²) >= 11 is 6.21. The number of nitrogens with zero attached hydrogens (tertiary/aromatic N) is 5. The average molecular weight is 442 g/mol. The maximum atomic E-state index is 6.21. The van der Waals surface area contributed by atoms with Gasteiger partial charge in [0.15, 0.2) is 5.82 Å². The first-order chi connectivity index (χ1) is 15.3. The number of halogens is 1. The van der Waals surface area contributed by atoms with E-state index in [1.807, 2.05) is 24.3 Å². The van der Waals surface area contributed by atoms with Crippen LogP contribution in [-0.2, 0) is 11.3 Å². The molecule has 164 valence electrons. The summed E-state index contributed by atoms with van der Waals surface area (Å²) in [6.45, 7) is 2.26. The summed E-state index contributed by atoms with van der Waals surface area (Å²) in [4.78, 5) is 2.38. The highest BCUT2D eigenvalue weighted by atomic mass is 35.5. The predicted octanol–water partition coefficient (Wildman–Crippen LogP) is 4.81. The number of hydrogen-bond donors (Lipinski definition) is 0. The zero-order valence-corrected chi connectivity index (χ0v) is 18.3. The molecule has 1 aromatic carbocycles. The average Bonchev–Trinajstić information content (AvgIpc) is 3.57. The first kappa shape index (κ1) is 20.7. The Bertz CT molecular complexity index is 947. The van der Waals surface area contributed by atoms with Crippen molar-refractivity contribution in [1.29, 1.82) is 0 Å². The minimum Gasteiger partial charge on any atom is -0.468 e. The zero-order chi connectivity index (χ0) is 21.0. The molecule has 2 fully saturated rings. The Morgan fingerprint density at radius 2 is 1.94 bits per heavy atom. The van der Waals surface area contributed by atoms with Crippen LogP contribution < -0.4 is 0 Å². The Labute approximate surface area is 187 Å². The number of ether oxygens (including phenoxy) is 1. The van der Waals surface area contributed by atoms with Crippen LogP contribution in [0.5, 0.6) is 0 Å². The van der Waals surface area contributed by atoms with Crippen molar-refractivity contribution < 1.29 is 9.15 Å². The second-order valence-electron chi connectivity index (χ2n) is 8.52. The molecule has 0 amide bonds. The van der Waals surface area contributed by atoms with Crippen LogP contribution in [-0.4, -0.2) is 44.4 Å². The quantitative estimate of drug-likeness (QED) is 0.499. The lowest BCUT2D eigenvalue weighted by atomic mass is 10.0. The lowest BCUT2D eigenvalue weighted by molar-refractivity contribution is 0.0543. The van der Waals surface area contributed by atoms with E-state index in [9.17, 15) is 0 Å². The van der Waals surface area contributed by atoms with Gasteiger partial charge in [-0.05, 0) is 65.9 Å². The van der Waals surface area contributed by atoms with Gasteiger partial charge in [0.1, 0.15) is 5.76 Å². The van der Waals surface area contributed by atoms with Crippen LogP contribution in [0.25, 0.3) is 0 Å². The maximum absolute atomic E-state index is 6.21. The van der Waals surface area contributed by atoms with E-state index >= 15 is 0 Å². The maximum Gasteiger partial charge on any atom is 0.173 e. The van der Waals surface area contributed by atoms with Gasteiger partial charge in [-0.25, -0.2) is 4.68 Å². The van der Waals surface area contributed by atoms with E-state index in [2.05, 4.69) is 37.2 Å². The van der Waals surface area contributed by atoms with Crippen molar-refractivity contribution in [2.45, 2.75) is 63.3 Å². The Hall–Kier alpha value is -2.22. The summed E-state index contributed by atoms with van der Waals surface area (Å²) in [6, 6.07) is 12.2. The molecule has 0 N–H and O–H groups in total. The molecule has 0 radical (unpaired) electrons. The SMILES string of the molecule is Clc1ccc([C@H](c2nnnn2C2CCCC2)N(Cc2ccco2)C[C@H]2CCCO2)cc1. The third-order valence-electron chi connectivity index (χ3n) is 6.39. The van der Waals surface area contributed by atoms with Gasteiger partial charge in [0.05, 0.1) is 31.0 Å². The second kappa shape index (κ2) is 9.51. The number of hydrogen-bond acceptors (Lipinski definition) is 6. The molecule has 0 bridgehead atoms. The fraction of sp³-hybridized carbons (Fsp3) is 0.522. The van der Waals surface area contributed by atoms with Crippen molar-refractivity contribution in [1.82, 2.24) is 25.1 Å². The normalized spacial score (nSPS) is 20.6. The Kier molecular flexibility index (Phi) is 6.34. The van der Waals surface area contributed by atoms with Crippen LogP contribution >= 0.6 is 11.6 Å². The van der Waals surface area contributed by atoms with Gasteiger partial charge in [0.25, 0.3) is 0 Å². The Morgan fingerprint density at radius 1 is 1.10 bits per heavy atom. The summed E-state index contributed by atoms with van der Waals surface area (Å²) in [5.41, 5.74) is 1.11. The fourth-order valence-electron chi connectivity index (χ4n) is 4.87. The number of aromatic nitrogens is 4. The molecule has 2 aliphatic rings. The molecule has 1 saturated carbocycles. The van der Waals surface area contributed by atoms with Crippen LogP contribution in [0, 0.1) is 0 Å². The monoisotopic (exact) mass is 441 g/mol. The minimum atomic E-state index is -0.123. The molecule has 0 spiro atoms. The van der Waals surface area contributed by atoms with E-state index in [0.29, 0.717) is 12.6 Å². The molecular weight excluding hydrogens is 414 g/mol. The summed E-state index contributed by atoms with van der Waals surface area (Å²) in [7, 11) is 0. The highest BCUT2D eigenvalue weighted by Crippen LogP contribution is 2.35. The molecule has 3 heterocycles. The van der Waals surface area contributed by atoms with Gasteiger partial charge in [-0.3, -0.25) is 4.90 Å². The van der Waals surface area contributed by atoms with Gasteiger partial charge < -0.3 is 9.15 Å². The highest BCUT2D eigenvalue weighted by Gasteiger charge is 2.33. The van der Waals surface area contributed by atoms with Crippen LogP contribution in [0.2, 0.25) is 5.02 Å². The van der Waals surface area contributed by atoms with Crippen molar-refractivity contribution in [3.63, 3.8) is 0 Å². The molecule has 7 nitrogen and oxygen atoms in total. The van der Waals surface area contributed by atoms with E-state index in [1.54, 1.807) is 6.26 Å². The van der Waals surface area contributed by atoms with Gasteiger partial charge >= 0.3 is 0 Å². The molecule has 1 aliphatic heterocycles. The zero-order valence-electron chi connectivity index (χ0n) is 17.6. The topological polar surface area (TPSA) is 69.2 Å². The van der Waals surface area contributed by atoms with Crippen molar-refractivity contribution in [3.05, 3.63) is 64.8 Å². The number of tetrazole rings is 1. The predicted molar refractivity (Wildman–Crippen MR) is 117 cm³/mol. The van der Waals surface area contributed by atoms with E-state index in [0.717, 1.165) is 61.0 Å². The van der Waals surface area contributed by atoms with Gasteiger partial charge in [-0.15, -0.1) is 5.10 Å². The summed E-state index contributed by atoms with van der Waals surface area (Å²) in [5.74, 6) is 1.79. The Morgan fingerprint density at radius 3 is 2.65 bits per heavy atom. The molecule has 3 aromatic rings. The number of rotatable bonds is 8. The van der Waals surface area contributed by atoms with Gasteiger partial charge in [-0.2, -0.15) is 0 Å². The molecule has 31 heavy (non-hydrogen) atoms. The molecule has 2 atom stereocenters. The standard InChI is InChI=1S/C23H28ClN5O2/c24-18-11-9-17(10-12-18)22(23-25-26-27-29(23)19-5-1-2-6-19)28(15-20-7-3-13-30-20)16-21-8-4-14-31-21/h3,7,9-13,19,21-22H,1-2,4-6,8,14-16H2/t21-,22-/m1/s1. The van der Waals surface area contributed by atoms with E-state index < -0.39 is 0 Å². The molecule has 5 rings (SSSR count). The van der Waals surface area contributed by atoms with Crippen molar-refractivity contribution in [3.8, 4) is 0 Å². The van der Waals surface area contributed by atoms with Crippen molar-refractivity contribution in [2.75, 3.05) is 13.2 Å². The Balaban J connectivity index is 1.55. The summed E-state index contributed by atoms with van der Waals surface area (Å²) < 4.78 is 13.8. The van der Waals surface area contributed by atoms with Crippen molar-refractivity contribution in [2.24, 2.45) is 0 Å². The summed E-state index contributed by atoms with van der Waals surface area (Å²) in [6.07, 6.45) is 8.77. The lowest BCUT2D eigenvalue weighted by Gasteiger charge is -2.33. The number of benzene rings is 1. The van der Waals surface area contributed by atoms with Crippen molar-refractivity contribution >= 4 is 11.6 Å². The first-order valence-electron chi connectivity index (χ1n) is 11.2. The van der Waals surface area contributed by atoms with Gasteiger partial charge in [-0.1, -0.05) is 36.6 Å². The second-order valence-corrected chi connectivity index (χ2v) is 8.95. The van der Waals surface area contributed by atoms with Gasteiger partial charge in [0.2, 0.25) is 0 Å². The van der Waals surface area contributed by atoms with Crippen LogP contribution in [0.1, 0.15) is 67.8 Å². The molecule has 8 heteroatoms. The third kappa shape index (κ3) is 4.68. The molecule has 1 aliphatic carbocycles. The fourth-order valence-corrected chi connectivity index (χ4v) is 5.00. The highest BCUT2D eigenvalue weighted by molar-refractivity contribution is 6.30. The minimum absolute atomic E-state index is 0.123. The summed E-state index contributed by atoms with van der Waals surface area (Å²) in [5, 5.41) is 13.8. The lowest BCUT2D eigenvalue weighted by Crippen LogP contribution is -2.37.